The van der Waals surface area contributed by atoms with Gasteiger partial charge >= 0.3 is 0 Å². The molecule has 2 heteroatoms. The molecule has 4 aliphatic rings. The molecule has 6 atom stereocenters. The van der Waals surface area contributed by atoms with Gasteiger partial charge in [0.2, 0.25) is 0 Å². The maximum atomic E-state index is 10.4. The van der Waals surface area contributed by atoms with E-state index in [1.807, 2.05) is 0 Å². The second-order valence-electron chi connectivity index (χ2n) is 8.17. The first-order valence-electron chi connectivity index (χ1n) is 8.50. The highest BCUT2D eigenvalue weighted by molar-refractivity contribution is 5.44. The molecule has 21 heavy (non-hydrogen) atoms. The number of fused-ring (bicyclic) bond motifs is 5. The fourth-order valence-corrected chi connectivity index (χ4v) is 5.96. The lowest BCUT2D eigenvalue weighted by atomic mass is 9.49. The van der Waals surface area contributed by atoms with Crippen LogP contribution in [0.1, 0.15) is 46.0 Å². The van der Waals surface area contributed by atoms with Crippen molar-refractivity contribution in [3.8, 4) is 0 Å². The van der Waals surface area contributed by atoms with Gasteiger partial charge in [-0.1, -0.05) is 26.0 Å². The summed E-state index contributed by atoms with van der Waals surface area (Å²) in [5, 5.41) is 10.4. The number of aliphatic hydroxyl groups is 1. The van der Waals surface area contributed by atoms with Gasteiger partial charge in [0.15, 0.2) is 0 Å². The Hall–Kier alpha value is -1.02. The minimum atomic E-state index is -0.0842. The Labute approximate surface area is 127 Å². The number of hydrogen-bond acceptors (Lipinski definition) is 2. The largest absolute Gasteiger partial charge is 0.399 e. The lowest BCUT2D eigenvalue weighted by molar-refractivity contribution is -0.0526. The number of allylic oxidation sites excluding steroid dienone is 5. The Morgan fingerprint density at radius 2 is 2.00 bits per heavy atom. The fraction of sp³-hybridized carbons (Fsp3) is 0.684. The molecule has 0 spiro atoms. The summed E-state index contributed by atoms with van der Waals surface area (Å²) in [4.78, 5) is 0. The molecule has 0 radical (unpaired) electrons. The van der Waals surface area contributed by atoms with Crippen LogP contribution in [-0.4, -0.2) is 11.2 Å². The molecule has 2 nitrogen and oxygen atoms in total. The van der Waals surface area contributed by atoms with Gasteiger partial charge in [0.25, 0.3) is 0 Å². The quantitative estimate of drug-likeness (QED) is 0.715. The van der Waals surface area contributed by atoms with Gasteiger partial charge < -0.3 is 10.8 Å². The smallest absolute Gasteiger partial charge is 0.0596 e. The third-order valence-corrected chi connectivity index (χ3v) is 7.33. The van der Waals surface area contributed by atoms with Gasteiger partial charge in [0.1, 0.15) is 0 Å². The van der Waals surface area contributed by atoms with Crippen LogP contribution < -0.4 is 5.73 Å². The zero-order valence-corrected chi connectivity index (χ0v) is 13.2. The minimum Gasteiger partial charge on any atom is -0.399 e. The molecule has 0 bridgehead atoms. The molecule has 0 amide bonds. The van der Waals surface area contributed by atoms with Crippen molar-refractivity contribution in [2.45, 2.75) is 52.1 Å². The highest BCUT2D eigenvalue weighted by Crippen LogP contribution is 2.63. The van der Waals surface area contributed by atoms with Crippen molar-refractivity contribution in [2.24, 2.45) is 34.3 Å². The van der Waals surface area contributed by atoms with E-state index in [0.29, 0.717) is 11.8 Å². The van der Waals surface area contributed by atoms with E-state index in [-0.39, 0.29) is 16.9 Å². The number of aliphatic hydroxyl groups excluding tert-OH is 1. The molecule has 4 aliphatic carbocycles. The molecule has 0 aromatic heterocycles. The van der Waals surface area contributed by atoms with Gasteiger partial charge in [-0.3, -0.25) is 0 Å². The predicted octanol–water partition coefficient (Wildman–Crippen LogP) is 3.54. The van der Waals surface area contributed by atoms with Crippen LogP contribution in [0, 0.1) is 28.6 Å². The number of hydrogen-bond donors (Lipinski definition) is 2. The first-order valence-corrected chi connectivity index (χ1v) is 8.50. The summed E-state index contributed by atoms with van der Waals surface area (Å²) in [7, 11) is 0. The third-order valence-electron chi connectivity index (χ3n) is 7.33. The summed E-state index contributed by atoms with van der Waals surface area (Å²) in [6.45, 7) is 4.73. The normalized spacial score (nSPS) is 51.6. The van der Waals surface area contributed by atoms with E-state index in [2.05, 4.69) is 38.2 Å². The Balaban J connectivity index is 1.73. The van der Waals surface area contributed by atoms with Crippen LogP contribution in [0.5, 0.6) is 0 Å². The standard InChI is InChI=1S/C19H27NO/c1-18-9-7-13(20)11-12(18)3-4-14-15-5-6-17(21)19(15,2)10-8-16(14)18/h3,7,9,11,14-17,21H,4-6,8,10,20H2,1-2H3/t14-,15-,16+,17?,18-,19-/m0/s1. The van der Waals surface area contributed by atoms with Gasteiger partial charge in [-0.15, -0.1) is 0 Å². The highest BCUT2D eigenvalue weighted by atomic mass is 16.3. The average molecular weight is 285 g/mol. The molecular formula is C19H27NO. The van der Waals surface area contributed by atoms with Crippen molar-refractivity contribution in [1.82, 2.24) is 0 Å². The maximum Gasteiger partial charge on any atom is 0.0596 e. The van der Waals surface area contributed by atoms with Crippen molar-refractivity contribution < 1.29 is 5.11 Å². The van der Waals surface area contributed by atoms with Gasteiger partial charge in [-0.25, -0.2) is 0 Å². The monoisotopic (exact) mass is 285 g/mol. The topological polar surface area (TPSA) is 46.2 Å². The van der Waals surface area contributed by atoms with Crippen LogP contribution in [0.2, 0.25) is 0 Å². The second-order valence-corrected chi connectivity index (χ2v) is 8.17. The van der Waals surface area contributed by atoms with Gasteiger partial charge in [-0.2, -0.15) is 0 Å². The van der Waals surface area contributed by atoms with E-state index in [4.69, 9.17) is 5.73 Å². The van der Waals surface area contributed by atoms with E-state index in [1.165, 1.54) is 31.3 Å². The molecule has 0 aromatic rings. The zero-order chi connectivity index (χ0) is 14.8. The van der Waals surface area contributed by atoms with Crippen molar-refractivity contribution >= 4 is 0 Å². The molecule has 0 saturated heterocycles. The molecule has 2 fully saturated rings. The van der Waals surface area contributed by atoms with Crippen LogP contribution in [0.3, 0.4) is 0 Å². The molecule has 114 valence electrons. The van der Waals surface area contributed by atoms with Crippen LogP contribution in [0.25, 0.3) is 0 Å². The summed E-state index contributed by atoms with van der Waals surface area (Å²) in [6.07, 6.45) is 14.7. The summed E-state index contributed by atoms with van der Waals surface area (Å²) in [5.74, 6) is 2.13. The molecule has 2 saturated carbocycles. The Morgan fingerprint density at radius 1 is 1.19 bits per heavy atom. The molecule has 3 N–H and O–H groups in total. The molecular weight excluding hydrogens is 258 g/mol. The molecule has 0 heterocycles. The summed E-state index contributed by atoms with van der Waals surface area (Å²) in [5.41, 5.74) is 8.62. The van der Waals surface area contributed by atoms with Crippen molar-refractivity contribution in [3.05, 3.63) is 35.6 Å². The Kier molecular flexibility index (Phi) is 2.76. The van der Waals surface area contributed by atoms with E-state index in [9.17, 15) is 5.11 Å². The molecule has 0 aromatic carbocycles. The van der Waals surface area contributed by atoms with Crippen molar-refractivity contribution in [1.29, 1.82) is 0 Å². The van der Waals surface area contributed by atoms with Crippen LogP contribution >= 0.6 is 0 Å². The second kappa shape index (κ2) is 4.25. The minimum absolute atomic E-state index is 0.0842. The molecule has 1 unspecified atom stereocenters. The van der Waals surface area contributed by atoms with Crippen molar-refractivity contribution in [2.75, 3.05) is 0 Å². The number of nitrogens with two attached hydrogens (primary N) is 1. The third kappa shape index (κ3) is 1.69. The first-order chi connectivity index (χ1) is 9.95. The van der Waals surface area contributed by atoms with E-state index in [0.717, 1.165) is 18.0 Å². The predicted molar refractivity (Wildman–Crippen MR) is 85.3 cm³/mol. The summed E-state index contributed by atoms with van der Waals surface area (Å²) < 4.78 is 0. The lowest BCUT2D eigenvalue weighted by Crippen LogP contribution is -2.49. The van der Waals surface area contributed by atoms with Crippen LogP contribution in [-0.2, 0) is 0 Å². The Morgan fingerprint density at radius 3 is 2.81 bits per heavy atom. The van der Waals surface area contributed by atoms with E-state index < -0.39 is 0 Å². The maximum absolute atomic E-state index is 10.4. The average Bonchev–Trinajstić information content (AvgIpc) is 2.76. The van der Waals surface area contributed by atoms with Gasteiger partial charge in [-0.05, 0) is 73.0 Å². The fourth-order valence-electron chi connectivity index (χ4n) is 5.96. The summed E-state index contributed by atoms with van der Waals surface area (Å²) in [6, 6.07) is 0. The van der Waals surface area contributed by atoms with E-state index in [1.54, 1.807) is 0 Å². The molecule has 4 rings (SSSR count). The van der Waals surface area contributed by atoms with Gasteiger partial charge in [0.05, 0.1) is 6.10 Å². The van der Waals surface area contributed by atoms with Gasteiger partial charge in [0, 0.05) is 11.1 Å². The summed E-state index contributed by atoms with van der Waals surface area (Å²) >= 11 is 0. The zero-order valence-electron chi connectivity index (χ0n) is 13.2. The highest BCUT2D eigenvalue weighted by Gasteiger charge is 2.57. The lowest BCUT2D eigenvalue weighted by Gasteiger charge is -2.55. The SMILES string of the molecule is C[C@]12C=CC(N)=CC1=CC[C@@H]1[C@H]2CC[C@]2(C)C(O)CC[C@@H]12. The molecule has 0 aliphatic heterocycles. The first kappa shape index (κ1) is 13.6. The van der Waals surface area contributed by atoms with Crippen LogP contribution in [0.4, 0.5) is 0 Å². The Bertz CT molecular complexity index is 560. The van der Waals surface area contributed by atoms with Crippen molar-refractivity contribution in [3.63, 3.8) is 0 Å². The number of rotatable bonds is 0. The van der Waals surface area contributed by atoms with E-state index >= 15 is 0 Å². The van der Waals surface area contributed by atoms with Crippen LogP contribution in [0.15, 0.2) is 35.6 Å².